The van der Waals surface area contributed by atoms with Gasteiger partial charge in [-0.05, 0) is 28.4 Å². The number of carbonyl (C=O) groups is 1. The molecule has 1 aromatic heterocycles. The lowest BCUT2D eigenvalue weighted by Gasteiger charge is -2.14. The molecule has 3 heteroatoms. The first-order valence-electron chi connectivity index (χ1n) is 3.73. The molecule has 0 aliphatic carbocycles. The van der Waals surface area contributed by atoms with Gasteiger partial charge in [0.1, 0.15) is 6.29 Å². The molecule has 0 aromatic carbocycles. The van der Waals surface area contributed by atoms with Crippen LogP contribution in [-0.4, -0.2) is 6.29 Å². The second kappa shape index (κ2) is 3.71. The molecule has 0 aliphatic heterocycles. The van der Waals surface area contributed by atoms with E-state index in [1.165, 1.54) is 4.88 Å². The van der Waals surface area contributed by atoms with E-state index < -0.39 is 0 Å². The summed E-state index contributed by atoms with van der Waals surface area (Å²) >= 11 is 5.07. The van der Waals surface area contributed by atoms with Crippen molar-refractivity contribution in [1.29, 1.82) is 0 Å². The third kappa shape index (κ3) is 2.72. The van der Waals surface area contributed by atoms with Crippen LogP contribution in [0.2, 0.25) is 0 Å². The van der Waals surface area contributed by atoms with Crippen molar-refractivity contribution < 1.29 is 4.79 Å². The maximum atomic E-state index is 10.6. The van der Waals surface area contributed by atoms with Crippen molar-refractivity contribution in [3.63, 3.8) is 0 Å². The van der Waals surface area contributed by atoms with Crippen LogP contribution in [0.1, 0.15) is 18.7 Å². The average Bonchev–Trinajstić information content (AvgIpc) is 2.35. The van der Waals surface area contributed by atoms with Crippen molar-refractivity contribution in [2.24, 2.45) is 5.41 Å². The molecule has 0 N–H and O–H groups in total. The van der Waals surface area contributed by atoms with Crippen molar-refractivity contribution in [1.82, 2.24) is 0 Å². The number of halogens is 1. The third-order valence-corrected chi connectivity index (χ3v) is 3.27. The van der Waals surface area contributed by atoms with E-state index in [2.05, 4.69) is 22.0 Å². The van der Waals surface area contributed by atoms with Crippen molar-refractivity contribution in [3.05, 3.63) is 20.8 Å². The van der Waals surface area contributed by atoms with E-state index in [1.54, 1.807) is 11.3 Å². The topological polar surface area (TPSA) is 17.1 Å². The van der Waals surface area contributed by atoms with Gasteiger partial charge in [-0.1, -0.05) is 13.8 Å². The molecule has 0 saturated carbocycles. The standard InChI is InChI=1S/C9H11BrOS/c1-9(2,6-11)4-8-3-7(10)5-12-8/h3,5-6H,4H2,1-2H3. The van der Waals surface area contributed by atoms with Crippen LogP contribution >= 0.6 is 27.3 Å². The van der Waals surface area contributed by atoms with E-state index in [9.17, 15) is 4.79 Å². The maximum absolute atomic E-state index is 10.6. The number of aldehydes is 1. The average molecular weight is 247 g/mol. The number of hydrogen-bond acceptors (Lipinski definition) is 2. The lowest BCUT2D eigenvalue weighted by Crippen LogP contribution is -2.15. The summed E-state index contributed by atoms with van der Waals surface area (Å²) in [5, 5.41) is 2.04. The Bertz CT molecular complexity index is 278. The Kier molecular flexibility index (Phi) is 3.07. The Morgan fingerprint density at radius 1 is 1.67 bits per heavy atom. The van der Waals surface area contributed by atoms with Gasteiger partial charge in [0, 0.05) is 20.1 Å². The Morgan fingerprint density at radius 3 is 2.75 bits per heavy atom. The molecular weight excluding hydrogens is 236 g/mol. The van der Waals surface area contributed by atoms with Crippen molar-refractivity contribution in [2.45, 2.75) is 20.3 Å². The SMILES string of the molecule is CC(C)(C=O)Cc1cc(Br)cs1. The normalized spacial score (nSPS) is 11.6. The molecular formula is C9H11BrOS. The highest BCUT2D eigenvalue weighted by atomic mass is 79.9. The zero-order valence-corrected chi connectivity index (χ0v) is 9.54. The highest BCUT2D eigenvalue weighted by Gasteiger charge is 2.17. The summed E-state index contributed by atoms with van der Waals surface area (Å²) in [5.74, 6) is 0. The van der Waals surface area contributed by atoms with Gasteiger partial charge in [0.05, 0.1) is 0 Å². The van der Waals surface area contributed by atoms with Crippen molar-refractivity contribution >= 4 is 33.6 Å². The highest BCUT2D eigenvalue weighted by molar-refractivity contribution is 9.10. The van der Waals surface area contributed by atoms with E-state index in [4.69, 9.17) is 0 Å². The predicted octanol–water partition coefficient (Wildman–Crippen LogP) is 3.28. The summed E-state index contributed by atoms with van der Waals surface area (Å²) < 4.78 is 1.10. The van der Waals surface area contributed by atoms with Crippen LogP contribution in [0.4, 0.5) is 0 Å². The molecule has 0 bridgehead atoms. The van der Waals surface area contributed by atoms with Gasteiger partial charge < -0.3 is 4.79 Å². The Morgan fingerprint density at radius 2 is 2.33 bits per heavy atom. The molecule has 66 valence electrons. The molecule has 0 amide bonds. The highest BCUT2D eigenvalue weighted by Crippen LogP contribution is 2.26. The van der Waals surface area contributed by atoms with Gasteiger partial charge in [-0.2, -0.15) is 0 Å². The minimum absolute atomic E-state index is 0.232. The molecule has 0 saturated heterocycles. The lowest BCUT2D eigenvalue weighted by molar-refractivity contribution is -0.114. The molecule has 12 heavy (non-hydrogen) atoms. The monoisotopic (exact) mass is 246 g/mol. The maximum Gasteiger partial charge on any atom is 0.125 e. The van der Waals surface area contributed by atoms with Crippen LogP contribution in [-0.2, 0) is 11.2 Å². The first-order chi connectivity index (χ1) is 5.53. The fraction of sp³-hybridized carbons (Fsp3) is 0.444. The smallest absolute Gasteiger partial charge is 0.125 e. The number of carbonyl (C=O) groups excluding carboxylic acids is 1. The minimum atomic E-state index is -0.232. The van der Waals surface area contributed by atoms with E-state index in [-0.39, 0.29) is 5.41 Å². The molecule has 0 spiro atoms. The second-order valence-electron chi connectivity index (χ2n) is 3.51. The fourth-order valence-corrected chi connectivity index (χ4v) is 2.63. The van der Waals surface area contributed by atoms with Gasteiger partial charge in [0.15, 0.2) is 0 Å². The summed E-state index contributed by atoms with van der Waals surface area (Å²) in [6, 6.07) is 2.07. The second-order valence-corrected chi connectivity index (χ2v) is 5.43. The minimum Gasteiger partial charge on any atom is -0.303 e. The number of hydrogen-bond donors (Lipinski definition) is 0. The largest absolute Gasteiger partial charge is 0.303 e. The lowest BCUT2D eigenvalue weighted by atomic mass is 9.91. The van der Waals surface area contributed by atoms with E-state index in [0.717, 1.165) is 17.2 Å². The molecule has 0 radical (unpaired) electrons. The molecule has 1 nitrogen and oxygen atoms in total. The summed E-state index contributed by atoms with van der Waals surface area (Å²) in [6.45, 7) is 3.90. The number of thiophene rings is 1. The van der Waals surface area contributed by atoms with Gasteiger partial charge in [-0.3, -0.25) is 0 Å². The zero-order valence-electron chi connectivity index (χ0n) is 7.13. The van der Waals surface area contributed by atoms with Gasteiger partial charge >= 0.3 is 0 Å². The van der Waals surface area contributed by atoms with Crippen LogP contribution < -0.4 is 0 Å². The van der Waals surface area contributed by atoms with Gasteiger partial charge in [-0.15, -0.1) is 11.3 Å². The molecule has 0 aliphatic rings. The van der Waals surface area contributed by atoms with Gasteiger partial charge in [0.25, 0.3) is 0 Å². The molecule has 0 fully saturated rings. The van der Waals surface area contributed by atoms with Crippen molar-refractivity contribution in [2.75, 3.05) is 0 Å². The van der Waals surface area contributed by atoms with E-state index >= 15 is 0 Å². The fourth-order valence-electron chi connectivity index (χ4n) is 0.937. The Balaban J connectivity index is 2.69. The summed E-state index contributed by atoms with van der Waals surface area (Å²) in [4.78, 5) is 11.9. The molecule has 0 atom stereocenters. The Labute approximate surface area is 84.9 Å². The van der Waals surface area contributed by atoms with E-state index in [1.807, 2.05) is 19.2 Å². The van der Waals surface area contributed by atoms with E-state index in [0.29, 0.717) is 0 Å². The Hall–Kier alpha value is -0.150. The van der Waals surface area contributed by atoms with Crippen LogP contribution in [0.3, 0.4) is 0 Å². The first kappa shape index (κ1) is 9.93. The van der Waals surface area contributed by atoms with Crippen LogP contribution in [0.5, 0.6) is 0 Å². The molecule has 1 aromatic rings. The summed E-state index contributed by atoms with van der Waals surface area (Å²) in [7, 11) is 0. The summed E-state index contributed by atoms with van der Waals surface area (Å²) in [5.41, 5.74) is -0.232. The first-order valence-corrected chi connectivity index (χ1v) is 5.40. The van der Waals surface area contributed by atoms with Crippen LogP contribution in [0.15, 0.2) is 15.9 Å². The third-order valence-electron chi connectivity index (χ3n) is 1.57. The predicted molar refractivity (Wildman–Crippen MR) is 55.6 cm³/mol. The van der Waals surface area contributed by atoms with Gasteiger partial charge in [-0.25, -0.2) is 0 Å². The van der Waals surface area contributed by atoms with Gasteiger partial charge in [0.2, 0.25) is 0 Å². The summed E-state index contributed by atoms with van der Waals surface area (Å²) in [6.07, 6.45) is 1.84. The van der Waals surface area contributed by atoms with Crippen LogP contribution in [0.25, 0.3) is 0 Å². The molecule has 1 heterocycles. The number of rotatable bonds is 3. The van der Waals surface area contributed by atoms with Crippen LogP contribution in [0, 0.1) is 5.41 Å². The molecule has 1 rings (SSSR count). The zero-order chi connectivity index (χ0) is 9.19. The quantitative estimate of drug-likeness (QED) is 0.749. The molecule has 0 unspecified atom stereocenters. The van der Waals surface area contributed by atoms with Crippen molar-refractivity contribution in [3.8, 4) is 0 Å².